The number of carboxylic acids is 1. The van der Waals surface area contributed by atoms with Crippen LogP contribution in [0.4, 0.5) is 4.39 Å². The van der Waals surface area contributed by atoms with E-state index in [0.717, 1.165) is 11.3 Å². The van der Waals surface area contributed by atoms with Gasteiger partial charge in [0.1, 0.15) is 10.7 Å². The molecule has 1 aromatic carbocycles. The van der Waals surface area contributed by atoms with Gasteiger partial charge in [-0.05, 0) is 25.0 Å². The molecule has 5 heteroatoms. The van der Waals surface area contributed by atoms with Crippen LogP contribution in [0, 0.1) is 11.7 Å². The quantitative estimate of drug-likeness (QED) is 0.880. The van der Waals surface area contributed by atoms with E-state index in [4.69, 9.17) is 0 Å². The summed E-state index contributed by atoms with van der Waals surface area (Å²) in [5.41, 5.74) is 0.545. The number of aromatic carboxylic acids is 1. The average Bonchev–Trinajstić information content (AvgIpc) is 2.76. The number of hydrogen-bond donors (Lipinski definition) is 2. The van der Waals surface area contributed by atoms with Crippen LogP contribution < -0.4 is 5.32 Å². The van der Waals surface area contributed by atoms with E-state index >= 15 is 0 Å². The lowest BCUT2D eigenvalue weighted by atomic mass is 10.1. The Morgan fingerprint density at radius 2 is 2.10 bits per heavy atom. The van der Waals surface area contributed by atoms with Gasteiger partial charge in [0.05, 0.1) is 0 Å². The molecular weight excluding hydrogens is 277 g/mol. The number of thiophene rings is 1. The molecule has 0 bridgehead atoms. The van der Waals surface area contributed by atoms with Crippen molar-refractivity contribution in [3.8, 4) is 0 Å². The molecule has 1 atom stereocenters. The minimum Gasteiger partial charge on any atom is -0.477 e. The molecule has 2 aromatic rings. The highest BCUT2D eigenvalue weighted by Gasteiger charge is 2.20. The topological polar surface area (TPSA) is 49.3 Å². The number of carbonyl (C=O) groups is 1. The number of rotatable bonds is 5. The fraction of sp³-hybridized carbons (Fsp3) is 0.400. The predicted octanol–water partition coefficient (Wildman–Crippen LogP) is 3.87. The van der Waals surface area contributed by atoms with Crippen molar-refractivity contribution in [1.29, 1.82) is 0 Å². The molecule has 0 amide bonds. The molecule has 0 aliphatic rings. The third-order valence-corrected chi connectivity index (χ3v) is 4.74. The van der Waals surface area contributed by atoms with Gasteiger partial charge in [-0.2, -0.15) is 0 Å². The summed E-state index contributed by atoms with van der Waals surface area (Å²) in [5, 5.41) is 13.0. The molecule has 1 heterocycles. The molecule has 20 heavy (non-hydrogen) atoms. The summed E-state index contributed by atoms with van der Waals surface area (Å²) in [4.78, 5) is 11.6. The van der Waals surface area contributed by atoms with Gasteiger partial charge >= 0.3 is 5.97 Å². The number of carboxylic acid groups (broad SMARTS) is 1. The van der Waals surface area contributed by atoms with Gasteiger partial charge in [-0.15, -0.1) is 11.3 Å². The van der Waals surface area contributed by atoms with Crippen LogP contribution in [-0.4, -0.2) is 17.1 Å². The van der Waals surface area contributed by atoms with Gasteiger partial charge in [0, 0.05) is 28.2 Å². The zero-order chi connectivity index (χ0) is 14.9. The first-order chi connectivity index (χ1) is 9.41. The van der Waals surface area contributed by atoms with Crippen molar-refractivity contribution in [2.24, 2.45) is 5.92 Å². The van der Waals surface area contributed by atoms with Crippen LogP contribution in [0.5, 0.6) is 0 Å². The van der Waals surface area contributed by atoms with Gasteiger partial charge in [0.15, 0.2) is 0 Å². The first-order valence-corrected chi connectivity index (χ1v) is 7.40. The third kappa shape index (κ3) is 2.83. The normalized spacial score (nSPS) is 13.1. The highest BCUT2D eigenvalue weighted by Crippen LogP contribution is 2.33. The molecule has 0 aliphatic heterocycles. The standard InChI is InChI=1S/C15H18FNO2S/c1-8(2)9(3)17-7-10-13-11(16)5-4-6-12(13)20-14(10)15(18)19/h4-6,8-9,17H,7H2,1-3H3,(H,18,19). The molecule has 3 nitrogen and oxygen atoms in total. The van der Waals surface area contributed by atoms with Gasteiger partial charge in [0.25, 0.3) is 0 Å². The van der Waals surface area contributed by atoms with Gasteiger partial charge < -0.3 is 10.4 Å². The molecule has 0 saturated carbocycles. The second-order valence-electron chi connectivity index (χ2n) is 5.24. The largest absolute Gasteiger partial charge is 0.477 e. The number of halogens is 1. The minimum absolute atomic E-state index is 0.216. The van der Waals surface area contributed by atoms with Crippen molar-refractivity contribution in [3.63, 3.8) is 0 Å². The fourth-order valence-electron chi connectivity index (χ4n) is 2.01. The maximum atomic E-state index is 14.0. The van der Waals surface area contributed by atoms with Crippen LogP contribution in [0.3, 0.4) is 0 Å². The lowest BCUT2D eigenvalue weighted by Crippen LogP contribution is -2.30. The summed E-state index contributed by atoms with van der Waals surface area (Å²) in [5.74, 6) is -0.933. The van der Waals surface area contributed by atoms with Gasteiger partial charge in [-0.1, -0.05) is 19.9 Å². The summed E-state index contributed by atoms with van der Waals surface area (Å²) >= 11 is 1.13. The monoisotopic (exact) mass is 295 g/mol. The summed E-state index contributed by atoms with van der Waals surface area (Å²) in [6.45, 7) is 6.57. The van der Waals surface area contributed by atoms with E-state index in [1.165, 1.54) is 6.07 Å². The lowest BCUT2D eigenvalue weighted by molar-refractivity contribution is 0.0701. The van der Waals surface area contributed by atoms with E-state index in [1.54, 1.807) is 12.1 Å². The zero-order valence-corrected chi connectivity index (χ0v) is 12.6. The van der Waals surface area contributed by atoms with Crippen LogP contribution in [0.15, 0.2) is 18.2 Å². The highest BCUT2D eigenvalue weighted by molar-refractivity contribution is 7.21. The Balaban J connectivity index is 2.43. The SMILES string of the molecule is CC(C)C(C)NCc1c(C(=O)O)sc2cccc(F)c12. The van der Waals surface area contributed by atoms with E-state index in [9.17, 15) is 14.3 Å². The fourth-order valence-corrected chi connectivity index (χ4v) is 3.08. The Morgan fingerprint density at radius 1 is 1.40 bits per heavy atom. The second-order valence-corrected chi connectivity index (χ2v) is 6.29. The molecule has 0 fully saturated rings. The van der Waals surface area contributed by atoms with Gasteiger partial charge in [0.2, 0.25) is 0 Å². The average molecular weight is 295 g/mol. The summed E-state index contributed by atoms with van der Waals surface area (Å²) < 4.78 is 14.7. The zero-order valence-electron chi connectivity index (χ0n) is 11.7. The Hall–Kier alpha value is -1.46. The molecular formula is C15H18FNO2S. The van der Waals surface area contributed by atoms with E-state index in [0.29, 0.717) is 28.1 Å². The third-order valence-electron chi connectivity index (χ3n) is 3.56. The number of benzene rings is 1. The molecule has 1 unspecified atom stereocenters. The van der Waals surface area contributed by atoms with Crippen LogP contribution in [0.1, 0.15) is 36.0 Å². The maximum absolute atomic E-state index is 14.0. The van der Waals surface area contributed by atoms with Crippen molar-refractivity contribution < 1.29 is 14.3 Å². The van der Waals surface area contributed by atoms with E-state index in [-0.39, 0.29) is 16.7 Å². The molecule has 0 spiro atoms. The van der Waals surface area contributed by atoms with Crippen molar-refractivity contribution >= 4 is 27.4 Å². The van der Waals surface area contributed by atoms with Crippen LogP contribution in [-0.2, 0) is 6.54 Å². The molecule has 108 valence electrons. The first-order valence-electron chi connectivity index (χ1n) is 6.58. The Morgan fingerprint density at radius 3 is 2.70 bits per heavy atom. The summed E-state index contributed by atoms with van der Waals surface area (Å²) in [6, 6.07) is 4.97. The molecule has 2 rings (SSSR count). The van der Waals surface area contributed by atoms with Crippen molar-refractivity contribution in [1.82, 2.24) is 5.32 Å². The van der Waals surface area contributed by atoms with E-state index in [1.807, 2.05) is 6.92 Å². The van der Waals surface area contributed by atoms with Crippen molar-refractivity contribution in [2.45, 2.75) is 33.4 Å². The van der Waals surface area contributed by atoms with E-state index in [2.05, 4.69) is 19.2 Å². The van der Waals surface area contributed by atoms with E-state index < -0.39 is 5.97 Å². The Kier molecular flexibility index (Phi) is 4.40. The van der Waals surface area contributed by atoms with Crippen molar-refractivity contribution in [2.75, 3.05) is 0 Å². The van der Waals surface area contributed by atoms with Crippen molar-refractivity contribution in [3.05, 3.63) is 34.5 Å². The molecule has 2 N–H and O–H groups in total. The number of fused-ring (bicyclic) bond motifs is 1. The molecule has 0 radical (unpaired) electrons. The van der Waals surface area contributed by atoms with Gasteiger partial charge in [-0.25, -0.2) is 9.18 Å². The van der Waals surface area contributed by atoms with Gasteiger partial charge in [-0.3, -0.25) is 0 Å². The summed E-state index contributed by atoms with van der Waals surface area (Å²) in [7, 11) is 0. The highest BCUT2D eigenvalue weighted by atomic mass is 32.1. The molecule has 0 saturated heterocycles. The van der Waals surface area contributed by atoms with Crippen LogP contribution in [0.2, 0.25) is 0 Å². The van der Waals surface area contributed by atoms with Crippen LogP contribution >= 0.6 is 11.3 Å². The lowest BCUT2D eigenvalue weighted by Gasteiger charge is -2.17. The van der Waals surface area contributed by atoms with Crippen LogP contribution in [0.25, 0.3) is 10.1 Å². The predicted molar refractivity (Wildman–Crippen MR) is 79.9 cm³/mol. The Bertz CT molecular complexity index is 636. The Labute approximate surface area is 121 Å². The summed E-state index contributed by atoms with van der Waals surface area (Å²) in [6.07, 6.45) is 0. The molecule has 1 aromatic heterocycles. The number of hydrogen-bond acceptors (Lipinski definition) is 3. The maximum Gasteiger partial charge on any atom is 0.346 e. The molecule has 0 aliphatic carbocycles. The first kappa shape index (κ1) is 14.9. The second kappa shape index (κ2) is 5.89. The number of nitrogens with one attached hydrogen (secondary N) is 1. The minimum atomic E-state index is -1.00. The smallest absolute Gasteiger partial charge is 0.346 e.